The third kappa shape index (κ3) is 3.74. The molecule has 0 N–H and O–H groups in total. The molecule has 0 aromatic carbocycles. The molecule has 22 heavy (non-hydrogen) atoms. The first kappa shape index (κ1) is 16.1. The van der Waals surface area contributed by atoms with Gasteiger partial charge in [-0.1, -0.05) is 20.8 Å². The molecule has 1 aromatic heterocycles. The predicted molar refractivity (Wildman–Crippen MR) is 94.9 cm³/mol. The zero-order chi connectivity index (χ0) is 15.6. The second kappa shape index (κ2) is 6.75. The molecular formula is C17H28N4S. The lowest BCUT2D eigenvalue weighted by atomic mass is 9.92. The van der Waals surface area contributed by atoms with E-state index >= 15 is 0 Å². The Kier molecular flexibility index (Phi) is 4.93. The van der Waals surface area contributed by atoms with E-state index in [2.05, 4.69) is 64.7 Å². The topological polar surface area (TPSA) is 32.3 Å². The van der Waals surface area contributed by atoms with E-state index in [0.29, 0.717) is 0 Å². The van der Waals surface area contributed by atoms with Crippen LogP contribution in [0.2, 0.25) is 0 Å². The van der Waals surface area contributed by atoms with Crippen LogP contribution in [-0.2, 0) is 5.41 Å². The zero-order valence-corrected chi connectivity index (χ0v) is 14.9. The molecular weight excluding hydrogens is 292 g/mol. The van der Waals surface area contributed by atoms with Gasteiger partial charge in [0.1, 0.15) is 0 Å². The molecule has 2 fully saturated rings. The fourth-order valence-corrected chi connectivity index (χ4v) is 4.23. The summed E-state index contributed by atoms with van der Waals surface area (Å²) in [5.74, 6) is 3.65. The maximum atomic E-state index is 4.47. The normalized spacial score (nSPS) is 22.0. The minimum atomic E-state index is 0.0742. The monoisotopic (exact) mass is 320 g/mol. The molecule has 3 heterocycles. The lowest BCUT2D eigenvalue weighted by Crippen LogP contribution is -2.48. The molecule has 0 amide bonds. The molecule has 3 rings (SSSR count). The summed E-state index contributed by atoms with van der Waals surface area (Å²) in [4.78, 5) is 5.09. The molecule has 0 saturated carbocycles. The Morgan fingerprint density at radius 3 is 2.23 bits per heavy atom. The number of nitrogens with zero attached hydrogens (tertiary/aromatic N) is 4. The van der Waals surface area contributed by atoms with Gasteiger partial charge in [-0.05, 0) is 25.0 Å². The summed E-state index contributed by atoms with van der Waals surface area (Å²) < 4.78 is 0. The molecule has 0 atom stereocenters. The number of anilines is 1. The van der Waals surface area contributed by atoms with Crippen molar-refractivity contribution in [2.24, 2.45) is 0 Å². The summed E-state index contributed by atoms with van der Waals surface area (Å²) in [5.41, 5.74) is 1.14. The lowest BCUT2D eigenvalue weighted by molar-refractivity contribution is 0.185. The first-order valence-corrected chi connectivity index (χ1v) is 9.60. The molecule has 0 unspecified atom stereocenters. The van der Waals surface area contributed by atoms with E-state index in [4.69, 9.17) is 0 Å². The van der Waals surface area contributed by atoms with Crippen LogP contribution in [-0.4, -0.2) is 58.8 Å². The van der Waals surface area contributed by atoms with Crippen molar-refractivity contribution < 1.29 is 0 Å². The highest BCUT2D eigenvalue weighted by molar-refractivity contribution is 7.99. The molecule has 2 aliphatic heterocycles. The summed E-state index contributed by atoms with van der Waals surface area (Å²) in [5, 5.41) is 8.89. The van der Waals surface area contributed by atoms with Gasteiger partial charge in [0.15, 0.2) is 5.82 Å². The van der Waals surface area contributed by atoms with Crippen LogP contribution in [0.15, 0.2) is 12.1 Å². The fourth-order valence-electron chi connectivity index (χ4n) is 3.30. The van der Waals surface area contributed by atoms with E-state index in [1.165, 1.54) is 37.4 Å². The van der Waals surface area contributed by atoms with Crippen LogP contribution in [0.3, 0.4) is 0 Å². The van der Waals surface area contributed by atoms with E-state index in [1.807, 2.05) is 0 Å². The van der Waals surface area contributed by atoms with Crippen LogP contribution in [0.4, 0.5) is 5.82 Å². The highest BCUT2D eigenvalue weighted by atomic mass is 32.2. The molecule has 0 bridgehead atoms. The Balaban J connectivity index is 1.57. The Morgan fingerprint density at radius 1 is 1.00 bits per heavy atom. The van der Waals surface area contributed by atoms with Gasteiger partial charge in [0, 0.05) is 49.1 Å². The van der Waals surface area contributed by atoms with E-state index in [-0.39, 0.29) is 5.41 Å². The van der Waals surface area contributed by atoms with Crippen LogP contribution in [0.25, 0.3) is 0 Å². The second-order valence-electron chi connectivity index (χ2n) is 7.39. The number of piperidine rings is 1. The molecule has 4 nitrogen and oxygen atoms in total. The highest BCUT2D eigenvalue weighted by Crippen LogP contribution is 2.25. The summed E-state index contributed by atoms with van der Waals surface area (Å²) in [6, 6.07) is 5.06. The van der Waals surface area contributed by atoms with Gasteiger partial charge in [0.05, 0.1) is 5.69 Å². The van der Waals surface area contributed by atoms with Gasteiger partial charge in [-0.2, -0.15) is 16.9 Å². The number of hydrogen-bond donors (Lipinski definition) is 0. The van der Waals surface area contributed by atoms with E-state index in [9.17, 15) is 0 Å². The molecule has 2 aliphatic rings. The summed E-state index contributed by atoms with van der Waals surface area (Å²) in [6.45, 7) is 11.3. The Morgan fingerprint density at radius 2 is 1.68 bits per heavy atom. The van der Waals surface area contributed by atoms with Gasteiger partial charge in [-0.3, -0.25) is 4.90 Å². The number of hydrogen-bond acceptors (Lipinski definition) is 5. The van der Waals surface area contributed by atoms with Crippen LogP contribution in [0.5, 0.6) is 0 Å². The number of rotatable bonds is 2. The van der Waals surface area contributed by atoms with Crippen molar-refractivity contribution in [3.8, 4) is 0 Å². The maximum Gasteiger partial charge on any atom is 0.151 e. The van der Waals surface area contributed by atoms with Gasteiger partial charge in [0.25, 0.3) is 0 Å². The van der Waals surface area contributed by atoms with Crippen LogP contribution >= 0.6 is 11.8 Å². The average Bonchev–Trinajstić information content (AvgIpc) is 2.55. The minimum absolute atomic E-state index is 0.0742. The summed E-state index contributed by atoms with van der Waals surface area (Å²) >= 11 is 2.09. The van der Waals surface area contributed by atoms with Crippen LogP contribution in [0.1, 0.15) is 39.3 Å². The maximum absolute atomic E-state index is 4.47. The Labute approximate surface area is 138 Å². The molecule has 5 heteroatoms. The third-order valence-corrected chi connectivity index (χ3v) is 5.71. The van der Waals surface area contributed by atoms with Crippen molar-refractivity contribution in [3.05, 3.63) is 17.8 Å². The van der Waals surface area contributed by atoms with Gasteiger partial charge in [0.2, 0.25) is 0 Å². The smallest absolute Gasteiger partial charge is 0.151 e. The SMILES string of the molecule is CC(C)(C)c1ccc(N2CCC(N3CCSCC3)CC2)nn1. The molecule has 0 spiro atoms. The fraction of sp³-hybridized carbons (Fsp3) is 0.765. The van der Waals surface area contributed by atoms with Crippen molar-refractivity contribution in [3.63, 3.8) is 0 Å². The first-order chi connectivity index (χ1) is 10.5. The van der Waals surface area contributed by atoms with Crippen LogP contribution < -0.4 is 4.90 Å². The second-order valence-corrected chi connectivity index (χ2v) is 8.62. The van der Waals surface area contributed by atoms with Gasteiger partial charge >= 0.3 is 0 Å². The van der Waals surface area contributed by atoms with Crippen LogP contribution in [0, 0.1) is 0 Å². The third-order valence-electron chi connectivity index (χ3n) is 4.77. The zero-order valence-electron chi connectivity index (χ0n) is 14.1. The largest absolute Gasteiger partial charge is 0.355 e. The summed E-state index contributed by atoms with van der Waals surface area (Å²) in [7, 11) is 0. The van der Waals surface area contributed by atoms with Crippen molar-refractivity contribution in [1.82, 2.24) is 15.1 Å². The van der Waals surface area contributed by atoms with Gasteiger partial charge < -0.3 is 4.90 Å². The molecule has 0 radical (unpaired) electrons. The number of thioether (sulfide) groups is 1. The Hall–Kier alpha value is -0.810. The number of aromatic nitrogens is 2. The van der Waals surface area contributed by atoms with E-state index in [0.717, 1.165) is 30.6 Å². The predicted octanol–water partition coefficient (Wildman–Crippen LogP) is 2.79. The molecule has 1 aromatic rings. The quantitative estimate of drug-likeness (QED) is 0.836. The standard InChI is InChI=1S/C17H28N4S/c1-17(2,3)15-4-5-16(19-18-15)21-8-6-14(7-9-21)20-10-12-22-13-11-20/h4-5,14H,6-13H2,1-3H3. The minimum Gasteiger partial charge on any atom is -0.355 e. The van der Waals surface area contributed by atoms with Crippen molar-refractivity contribution in [2.45, 2.75) is 45.1 Å². The van der Waals surface area contributed by atoms with Crippen molar-refractivity contribution in [2.75, 3.05) is 42.6 Å². The summed E-state index contributed by atoms with van der Waals surface area (Å²) in [6.07, 6.45) is 2.51. The van der Waals surface area contributed by atoms with Crippen molar-refractivity contribution >= 4 is 17.6 Å². The van der Waals surface area contributed by atoms with Gasteiger partial charge in [-0.15, -0.1) is 5.10 Å². The highest BCUT2D eigenvalue weighted by Gasteiger charge is 2.26. The molecule has 2 saturated heterocycles. The van der Waals surface area contributed by atoms with E-state index in [1.54, 1.807) is 0 Å². The van der Waals surface area contributed by atoms with E-state index < -0.39 is 0 Å². The van der Waals surface area contributed by atoms with Gasteiger partial charge in [-0.25, -0.2) is 0 Å². The molecule has 122 valence electrons. The Bertz CT molecular complexity index is 468. The molecule has 0 aliphatic carbocycles. The lowest BCUT2D eigenvalue weighted by Gasteiger charge is -2.40. The van der Waals surface area contributed by atoms with Crippen molar-refractivity contribution in [1.29, 1.82) is 0 Å². The average molecular weight is 321 g/mol. The first-order valence-electron chi connectivity index (χ1n) is 8.45.